The Morgan fingerprint density at radius 1 is 1.04 bits per heavy atom. The van der Waals surface area contributed by atoms with Gasteiger partial charge in [-0.1, -0.05) is 18.2 Å². The van der Waals surface area contributed by atoms with Gasteiger partial charge in [0.2, 0.25) is 11.8 Å². The first-order chi connectivity index (χ1) is 12.6. The van der Waals surface area contributed by atoms with Gasteiger partial charge in [-0.25, -0.2) is 0 Å². The quantitative estimate of drug-likeness (QED) is 0.849. The summed E-state index contributed by atoms with van der Waals surface area (Å²) in [5.74, 6) is -0.122. The third-order valence-corrected chi connectivity index (χ3v) is 4.26. The van der Waals surface area contributed by atoms with E-state index in [2.05, 4.69) is 5.32 Å². The molecule has 2 aliphatic rings. The Morgan fingerprint density at radius 3 is 2.65 bits per heavy atom. The van der Waals surface area contributed by atoms with Crippen LogP contribution < -0.4 is 14.8 Å². The lowest BCUT2D eigenvalue weighted by atomic mass is 9.98. The topological polar surface area (TPSA) is 84.9 Å². The summed E-state index contributed by atoms with van der Waals surface area (Å²) in [6, 6.07) is 12.0. The zero-order valence-corrected chi connectivity index (χ0v) is 13.9. The molecule has 2 heterocycles. The number of amides is 3. The summed E-state index contributed by atoms with van der Waals surface area (Å²) in [4.78, 5) is 38.0. The normalized spacial score (nSPS) is 15.5. The Bertz CT molecular complexity index is 909. The van der Waals surface area contributed by atoms with Gasteiger partial charge in [0.05, 0.1) is 6.42 Å². The minimum absolute atomic E-state index is 0.110. The Morgan fingerprint density at radius 2 is 1.81 bits per heavy atom. The van der Waals surface area contributed by atoms with Crippen molar-refractivity contribution in [2.24, 2.45) is 0 Å². The lowest BCUT2D eigenvalue weighted by Gasteiger charge is -2.26. The van der Waals surface area contributed by atoms with E-state index in [-0.39, 0.29) is 18.9 Å². The van der Waals surface area contributed by atoms with Crippen LogP contribution in [0.3, 0.4) is 0 Å². The van der Waals surface area contributed by atoms with Gasteiger partial charge >= 0.3 is 0 Å². The average molecular weight is 352 g/mol. The second-order valence-electron chi connectivity index (χ2n) is 6.03. The highest BCUT2D eigenvalue weighted by Gasteiger charge is 2.32. The standard InChI is InChI=1S/C19H16N2O5/c22-17(20-13-5-6-15-16(10-13)26-8-7-25-15)11-21-18(23)9-12-3-1-2-4-14(12)19(21)24/h1-6,10H,7-9,11H2,(H,20,22). The maximum absolute atomic E-state index is 12.5. The second-order valence-corrected chi connectivity index (χ2v) is 6.03. The van der Waals surface area contributed by atoms with Crippen LogP contribution in [0.25, 0.3) is 0 Å². The highest BCUT2D eigenvalue weighted by atomic mass is 16.6. The van der Waals surface area contributed by atoms with Gasteiger partial charge in [0.1, 0.15) is 19.8 Å². The predicted molar refractivity (Wildman–Crippen MR) is 92.3 cm³/mol. The highest BCUT2D eigenvalue weighted by molar-refractivity contribution is 6.12. The molecule has 0 saturated heterocycles. The van der Waals surface area contributed by atoms with Gasteiger partial charge in [0, 0.05) is 17.3 Å². The SMILES string of the molecule is O=C(CN1C(=O)Cc2ccccc2C1=O)Nc1ccc2c(c1)OCCO2. The third-order valence-electron chi connectivity index (χ3n) is 4.26. The molecule has 0 radical (unpaired) electrons. The van der Waals surface area contributed by atoms with E-state index in [9.17, 15) is 14.4 Å². The van der Waals surface area contributed by atoms with E-state index >= 15 is 0 Å². The molecule has 2 aliphatic heterocycles. The van der Waals surface area contributed by atoms with Gasteiger partial charge < -0.3 is 14.8 Å². The minimum atomic E-state index is -0.456. The number of anilines is 1. The first kappa shape index (κ1) is 16.1. The van der Waals surface area contributed by atoms with Crippen LogP contribution in [-0.2, 0) is 16.0 Å². The van der Waals surface area contributed by atoms with Crippen molar-refractivity contribution in [1.29, 1.82) is 0 Å². The number of hydrogen-bond acceptors (Lipinski definition) is 5. The van der Waals surface area contributed by atoms with Crippen molar-refractivity contribution in [3.05, 3.63) is 53.6 Å². The molecule has 0 atom stereocenters. The molecule has 1 N–H and O–H groups in total. The van der Waals surface area contributed by atoms with Gasteiger partial charge in [-0.3, -0.25) is 19.3 Å². The van der Waals surface area contributed by atoms with Gasteiger partial charge in [0.25, 0.3) is 5.91 Å². The average Bonchev–Trinajstić information content (AvgIpc) is 2.65. The highest BCUT2D eigenvalue weighted by Crippen LogP contribution is 2.32. The van der Waals surface area contributed by atoms with Crippen molar-refractivity contribution < 1.29 is 23.9 Å². The number of nitrogens with one attached hydrogen (secondary N) is 1. The summed E-state index contributed by atoms with van der Waals surface area (Å²) in [7, 11) is 0. The van der Waals surface area contributed by atoms with Crippen LogP contribution in [0.5, 0.6) is 11.5 Å². The third kappa shape index (κ3) is 2.99. The predicted octanol–water partition coefficient (Wildman–Crippen LogP) is 1.62. The number of hydrogen-bond donors (Lipinski definition) is 1. The van der Waals surface area contributed by atoms with Gasteiger partial charge in [-0.2, -0.15) is 0 Å². The molecular formula is C19H16N2O5. The molecule has 2 aromatic carbocycles. The first-order valence-electron chi connectivity index (χ1n) is 8.24. The number of carbonyl (C=O) groups is 3. The maximum Gasteiger partial charge on any atom is 0.261 e. The first-order valence-corrected chi connectivity index (χ1v) is 8.24. The molecule has 4 rings (SSSR count). The number of fused-ring (bicyclic) bond motifs is 2. The van der Waals surface area contributed by atoms with E-state index in [0.717, 1.165) is 4.90 Å². The molecule has 2 aromatic rings. The molecule has 0 unspecified atom stereocenters. The lowest BCUT2D eigenvalue weighted by Crippen LogP contribution is -2.46. The molecule has 7 heteroatoms. The van der Waals surface area contributed by atoms with Crippen molar-refractivity contribution in [2.45, 2.75) is 6.42 Å². The van der Waals surface area contributed by atoms with Crippen LogP contribution in [-0.4, -0.2) is 42.4 Å². The smallest absolute Gasteiger partial charge is 0.261 e. The molecule has 0 aliphatic carbocycles. The fourth-order valence-corrected chi connectivity index (χ4v) is 3.03. The monoisotopic (exact) mass is 352 g/mol. The van der Waals surface area contributed by atoms with Crippen molar-refractivity contribution in [1.82, 2.24) is 4.90 Å². The van der Waals surface area contributed by atoms with Crippen molar-refractivity contribution in [3.8, 4) is 11.5 Å². The van der Waals surface area contributed by atoms with E-state index in [0.29, 0.717) is 41.5 Å². The molecule has 0 fully saturated rings. The van der Waals surface area contributed by atoms with E-state index in [1.165, 1.54) is 0 Å². The van der Waals surface area contributed by atoms with Crippen LogP contribution in [0.1, 0.15) is 15.9 Å². The zero-order chi connectivity index (χ0) is 18.1. The number of ether oxygens (including phenoxy) is 2. The molecule has 0 spiro atoms. The van der Waals surface area contributed by atoms with Crippen molar-refractivity contribution in [3.63, 3.8) is 0 Å². The second kappa shape index (κ2) is 6.51. The van der Waals surface area contributed by atoms with Gasteiger partial charge in [-0.05, 0) is 23.8 Å². The number of imide groups is 1. The number of nitrogens with zero attached hydrogens (tertiary/aromatic N) is 1. The molecule has 0 saturated carbocycles. The van der Waals surface area contributed by atoms with Crippen LogP contribution in [0.15, 0.2) is 42.5 Å². The summed E-state index contributed by atoms with van der Waals surface area (Å²) in [6.07, 6.45) is 0.110. The van der Waals surface area contributed by atoms with Crippen LogP contribution in [0, 0.1) is 0 Å². The van der Waals surface area contributed by atoms with E-state index in [4.69, 9.17) is 9.47 Å². The Hall–Kier alpha value is -3.35. The molecular weight excluding hydrogens is 336 g/mol. The van der Waals surface area contributed by atoms with Crippen molar-refractivity contribution in [2.75, 3.05) is 25.1 Å². The largest absolute Gasteiger partial charge is 0.486 e. The summed E-state index contributed by atoms with van der Waals surface area (Å²) in [5.41, 5.74) is 1.65. The summed E-state index contributed by atoms with van der Waals surface area (Å²) >= 11 is 0. The lowest BCUT2D eigenvalue weighted by molar-refractivity contribution is -0.131. The van der Waals surface area contributed by atoms with Crippen LogP contribution >= 0.6 is 0 Å². The Labute approximate surface area is 149 Å². The zero-order valence-electron chi connectivity index (χ0n) is 13.9. The summed E-state index contributed by atoms with van der Waals surface area (Å²) in [6.45, 7) is 0.598. The molecule has 7 nitrogen and oxygen atoms in total. The van der Waals surface area contributed by atoms with Crippen molar-refractivity contribution >= 4 is 23.4 Å². The molecule has 0 aromatic heterocycles. The number of rotatable bonds is 3. The molecule has 0 bridgehead atoms. The maximum atomic E-state index is 12.5. The Balaban J connectivity index is 1.47. The fourth-order valence-electron chi connectivity index (χ4n) is 3.03. The van der Waals surface area contributed by atoms with Gasteiger partial charge in [0.15, 0.2) is 11.5 Å². The molecule has 3 amide bonds. The summed E-state index contributed by atoms with van der Waals surface area (Å²) < 4.78 is 10.9. The van der Waals surface area contributed by atoms with Crippen LogP contribution in [0.4, 0.5) is 5.69 Å². The minimum Gasteiger partial charge on any atom is -0.486 e. The van der Waals surface area contributed by atoms with E-state index in [1.54, 1.807) is 42.5 Å². The fraction of sp³-hybridized carbons (Fsp3) is 0.211. The van der Waals surface area contributed by atoms with Gasteiger partial charge in [-0.15, -0.1) is 0 Å². The van der Waals surface area contributed by atoms with E-state index < -0.39 is 11.8 Å². The van der Waals surface area contributed by atoms with E-state index in [1.807, 2.05) is 0 Å². The Kier molecular flexibility index (Phi) is 4.04. The molecule has 132 valence electrons. The number of carbonyl (C=O) groups excluding carboxylic acids is 3. The number of benzene rings is 2. The van der Waals surface area contributed by atoms with Crippen LogP contribution in [0.2, 0.25) is 0 Å². The molecule has 26 heavy (non-hydrogen) atoms. The summed E-state index contributed by atoms with van der Waals surface area (Å²) in [5, 5.41) is 2.68.